The fourth-order valence-corrected chi connectivity index (χ4v) is 18.9. The highest BCUT2D eigenvalue weighted by Crippen LogP contribution is 2.36. The SMILES string of the molecule is CCCCC(C(=O)N1CCCCC1)c1ccc(C)cc1.CCCCC(C(=O)N1CCCCC1)c1ccc(CO)cc1.CCCCC(C(=O)N1CCCCC1)c1ccc(COC(C)=O)cc1.CCCCC(C(=O)N1CCCCC1)c1ccc(OC(C)=O)cc1.CCCCC(C(=O)N1CCCCC1)c1ccc(OCCC)cc1.CCCCC(C(=O)N1CCCCC1)c1ccccc1CC. The summed E-state index contributed by atoms with van der Waals surface area (Å²) >= 11 is 0. The number of aliphatic hydroxyl groups excluding tert-OH is 1. The van der Waals surface area contributed by atoms with E-state index in [0.29, 0.717) is 29.4 Å². The Labute approximate surface area is 796 Å². The quantitative estimate of drug-likeness (QED) is 0.0284. The average Bonchev–Trinajstić information content (AvgIpc) is 1.18. The summed E-state index contributed by atoms with van der Waals surface area (Å²) in [4.78, 5) is 112. The van der Waals surface area contributed by atoms with Crippen LogP contribution in [0.25, 0.3) is 0 Å². The lowest BCUT2D eigenvalue weighted by molar-refractivity contribution is -0.142. The molecule has 6 fully saturated rings. The molecule has 728 valence electrons. The minimum Gasteiger partial charge on any atom is -0.494 e. The average molecular weight is 1820 g/mol. The van der Waals surface area contributed by atoms with Crippen molar-refractivity contribution in [2.75, 3.05) is 85.1 Å². The third kappa shape index (κ3) is 38.3. The van der Waals surface area contributed by atoms with Gasteiger partial charge in [0.25, 0.3) is 0 Å². The second kappa shape index (κ2) is 63.9. The van der Waals surface area contributed by atoms with Gasteiger partial charge in [-0.1, -0.05) is 259 Å². The smallest absolute Gasteiger partial charge is 0.308 e. The molecule has 0 saturated carbocycles. The van der Waals surface area contributed by atoms with Gasteiger partial charge >= 0.3 is 11.9 Å². The van der Waals surface area contributed by atoms with E-state index in [9.17, 15) is 38.4 Å². The summed E-state index contributed by atoms with van der Waals surface area (Å²) in [6, 6.07) is 48.4. The molecule has 0 aromatic heterocycles. The number of nitrogens with zero attached hydrogens (tertiary/aromatic N) is 6. The zero-order valence-electron chi connectivity index (χ0n) is 83.4. The summed E-state index contributed by atoms with van der Waals surface area (Å²) < 4.78 is 15.7. The first-order valence-corrected chi connectivity index (χ1v) is 52.0. The van der Waals surface area contributed by atoms with Crippen LogP contribution in [0.3, 0.4) is 0 Å². The Hall–Kier alpha value is -9.16. The maximum atomic E-state index is 13.0. The number of piperidine rings is 6. The first kappa shape index (κ1) is 110. The van der Waals surface area contributed by atoms with E-state index in [-0.39, 0.29) is 72.5 Å². The van der Waals surface area contributed by atoms with Crippen molar-refractivity contribution in [1.29, 1.82) is 0 Å². The van der Waals surface area contributed by atoms with Gasteiger partial charge in [0.15, 0.2) is 0 Å². The van der Waals surface area contributed by atoms with Crippen LogP contribution in [-0.4, -0.2) is 167 Å². The van der Waals surface area contributed by atoms with E-state index in [1.54, 1.807) is 12.1 Å². The van der Waals surface area contributed by atoms with Gasteiger partial charge in [-0.25, -0.2) is 0 Å². The molecule has 0 aliphatic carbocycles. The standard InChI is InChI=1S/C20H29NO3.C20H31NO2.C19H27NO3.C19H29NO.C18H27NO2.C18H27NO/c1-3-4-8-19(20(23)21-13-6-5-7-14-21)18-11-9-17(10-12-18)15-24-16(2)22;1-3-5-9-19(20(22)21-14-7-6-8-15-21)17-10-12-18(13-11-17)23-16-4-2;1-3-4-8-18(19(22)20-13-6-5-7-14-20)16-9-11-17(12-10-16)23-15(2)21;1-3-5-12-18(17-13-8-7-11-16(17)4-2)19(21)20-14-9-6-10-15-20;1-2-3-7-17(16-10-8-15(14-20)9-11-16)18(21)19-12-5-4-6-13-19;1-3-4-8-17(16-11-9-15(2)10-12-16)18(20)19-13-6-5-7-14-19/h9-12,19H,3-8,13-15H2,1-2H3;10-13,19H,3-9,14-16H2,1-2H3;9-12,18H,3-8,13-14H2,1-2H3;7-8,11,13,18H,3-6,9-10,12,14-15H2,1-2H3;8-11,17,20H,2-7,12-14H2,1H3;9-12,17H,3-8,13-14H2,1-2H3. The molecule has 0 spiro atoms. The van der Waals surface area contributed by atoms with Gasteiger partial charge in [0.2, 0.25) is 35.4 Å². The molecule has 6 saturated heterocycles. The van der Waals surface area contributed by atoms with E-state index in [0.717, 1.165) is 304 Å². The molecule has 6 aliphatic rings. The molecule has 6 aromatic rings. The van der Waals surface area contributed by atoms with Gasteiger partial charge in [-0.2, -0.15) is 0 Å². The minimum atomic E-state index is -0.329. The van der Waals surface area contributed by atoms with Gasteiger partial charge in [0.1, 0.15) is 18.1 Å². The second-order valence-electron chi connectivity index (χ2n) is 37.4. The van der Waals surface area contributed by atoms with Crippen LogP contribution in [0.5, 0.6) is 11.5 Å². The molecule has 0 bridgehead atoms. The monoisotopic (exact) mass is 1820 g/mol. The lowest BCUT2D eigenvalue weighted by Gasteiger charge is -2.31. The molecular weight excluding hydrogens is 1650 g/mol. The number of benzene rings is 6. The molecule has 18 nitrogen and oxygen atoms in total. The molecule has 6 aliphatic heterocycles. The number of aliphatic hydroxyl groups is 1. The maximum Gasteiger partial charge on any atom is 0.308 e. The van der Waals surface area contributed by atoms with Gasteiger partial charge < -0.3 is 48.7 Å². The van der Waals surface area contributed by atoms with Crippen LogP contribution in [0.4, 0.5) is 0 Å². The Bertz CT molecular complexity index is 4210. The van der Waals surface area contributed by atoms with Crippen molar-refractivity contribution in [3.8, 4) is 11.5 Å². The van der Waals surface area contributed by atoms with Crippen molar-refractivity contribution >= 4 is 47.4 Å². The molecule has 6 unspecified atom stereocenters. The Morgan fingerprint density at radius 2 is 0.568 bits per heavy atom. The number of amides is 6. The third-order valence-corrected chi connectivity index (χ3v) is 26.9. The first-order valence-electron chi connectivity index (χ1n) is 52.0. The van der Waals surface area contributed by atoms with Crippen LogP contribution in [0, 0.1) is 6.92 Å². The summed E-state index contributed by atoms with van der Waals surface area (Å²) in [7, 11) is 0. The number of carbonyl (C=O) groups excluding carboxylic acids is 8. The van der Waals surface area contributed by atoms with Crippen LogP contribution in [0.1, 0.15) is 398 Å². The third-order valence-electron chi connectivity index (χ3n) is 26.9. The highest BCUT2D eigenvalue weighted by atomic mass is 16.5. The summed E-state index contributed by atoms with van der Waals surface area (Å²) in [5.74, 6) is 2.66. The zero-order valence-corrected chi connectivity index (χ0v) is 83.4. The van der Waals surface area contributed by atoms with Gasteiger partial charge in [0, 0.05) is 92.4 Å². The summed E-state index contributed by atoms with van der Waals surface area (Å²) in [5.41, 5.74) is 11.2. The molecular formula is C114H170N6O12. The number of unbranched alkanes of at least 4 members (excludes halogenated alkanes) is 6. The fraction of sp³-hybridized carbons (Fsp3) is 0.614. The predicted octanol–water partition coefficient (Wildman–Crippen LogP) is 25.0. The highest BCUT2D eigenvalue weighted by molar-refractivity contribution is 5.87. The minimum absolute atomic E-state index is 0.00766. The van der Waals surface area contributed by atoms with Gasteiger partial charge in [-0.05, 0) is 248 Å². The molecule has 6 heterocycles. The Kier molecular flexibility index (Phi) is 53.2. The number of aryl methyl sites for hydroxylation is 2. The molecule has 0 radical (unpaired) electrons. The van der Waals surface area contributed by atoms with E-state index in [1.165, 1.54) is 100 Å². The van der Waals surface area contributed by atoms with Crippen molar-refractivity contribution < 1.29 is 57.7 Å². The molecule has 18 heteroatoms. The number of carbonyl (C=O) groups is 8. The molecule has 6 amide bonds. The lowest BCUT2D eigenvalue weighted by atomic mass is 9.87. The number of esters is 2. The maximum absolute atomic E-state index is 13.0. The van der Waals surface area contributed by atoms with Gasteiger partial charge in [0.05, 0.1) is 48.7 Å². The van der Waals surface area contributed by atoms with E-state index in [1.807, 2.05) is 87.5 Å². The zero-order chi connectivity index (χ0) is 95.0. The number of hydrogen-bond donors (Lipinski definition) is 1. The van der Waals surface area contributed by atoms with Crippen LogP contribution in [0.2, 0.25) is 0 Å². The largest absolute Gasteiger partial charge is 0.494 e. The Balaban J connectivity index is 0.000000217. The normalized spacial score (nSPS) is 16.4. The topological polar surface area (TPSA) is 204 Å². The number of hydrogen-bond acceptors (Lipinski definition) is 12. The van der Waals surface area contributed by atoms with Crippen molar-refractivity contribution in [2.24, 2.45) is 0 Å². The summed E-state index contributed by atoms with van der Waals surface area (Å²) in [5, 5.41) is 9.15. The van der Waals surface area contributed by atoms with E-state index >= 15 is 0 Å². The lowest BCUT2D eigenvalue weighted by Crippen LogP contribution is -2.39. The second-order valence-corrected chi connectivity index (χ2v) is 37.4. The van der Waals surface area contributed by atoms with Crippen LogP contribution >= 0.6 is 0 Å². The molecule has 12 rings (SSSR count). The van der Waals surface area contributed by atoms with E-state index < -0.39 is 0 Å². The van der Waals surface area contributed by atoms with Gasteiger partial charge in [-0.3, -0.25) is 38.4 Å². The first-order chi connectivity index (χ1) is 64.2. The van der Waals surface area contributed by atoms with E-state index in [4.69, 9.17) is 19.3 Å². The van der Waals surface area contributed by atoms with Crippen LogP contribution < -0.4 is 9.47 Å². The highest BCUT2D eigenvalue weighted by Gasteiger charge is 2.34. The van der Waals surface area contributed by atoms with Crippen molar-refractivity contribution in [3.05, 3.63) is 201 Å². The van der Waals surface area contributed by atoms with E-state index in [2.05, 4.69) is 138 Å². The molecule has 6 atom stereocenters. The van der Waals surface area contributed by atoms with Crippen LogP contribution in [0.15, 0.2) is 146 Å². The van der Waals surface area contributed by atoms with Crippen molar-refractivity contribution in [3.63, 3.8) is 0 Å². The van der Waals surface area contributed by atoms with Crippen LogP contribution in [-0.2, 0) is 62.7 Å². The number of ether oxygens (including phenoxy) is 3. The fourth-order valence-electron chi connectivity index (χ4n) is 18.9. The predicted molar refractivity (Wildman–Crippen MR) is 537 cm³/mol. The Morgan fingerprint density at radius 3 is 0.841 bits per heavy atom. The van der Waals surface area contributed by atoms with Gasteiger partial charge in [-0.15, -0.1) is 0 Å². The molecule has 1 N–H and O–H groups in total. The number of likely N-dealkylation sites (tertiary alicyclic amines) is 6. The summed E-state index contributed by atoms with van der Waals surface area (Å²) in [6.45, 7) is 34.4. The van der Waals surface area contributed by atoms with Crippen molar-refractivity contribution in [2.45, 2.75) is 369 Å². The summed E-state index contributed by atoms with van der Waals surface area (Å²) in [6.07, 6.45) is 42.0. The molecule has 6 aromatic carbocycles. The Morgan fingerprint density at radius 1 is 0.303 bits per heavy atom. The van der Waals surface area contributed by atoms with Crippen molar-refractivity contribution in [1.82, 2.24) is 29.4 Å². The number of rotatable bonds is 38. The molecule has 132 heavy (non-hydrogen) atoms.